The molecule has 0 aliphatic rings. The van der Waals surface area contributed by atoms with Gasteiger partial charge in [-0.1, -0.05) is 36.0 Å². The SMILES string of the molecule is C=CCn1c(SC(C)c2nnc(-c3cccs3)o2)nc2ccccc21. The standard InChI is InChI=1S/C18H16N4OS2/c1-3-10-22-14-8-5-4-7-13(14)19-18(22)25-12(2)16-20-21-17(23-16)15-9-6-11-24-15/h3-9,11-12H,1,10H2,2H3. The fraction of sp³-hybridized carbons (Fsp3) is 0.167. The summed E-state index contributed by atoms with van der Waals surface area (Å²) in [5.74, 6) is 1.17. The van der Waals surface area contributed by atoms with E-state index in [1.807, 2.05) is 48.7 Å². The Morgan fingerprint density at radius 3 is 2.96 bits per heavy atom. The zero-order valence-electron chi connectivity index (χ0n) is 13.6. The van der Waals surface area contributed by atoms with E-state index < -0.39 is 0 Å². The van der Waals surface area contributed by atoms with Gasteiger partial charge in [0.15, 0.2) is 5.16 Å². The van der Waals surface area contributed by atoms with Gasteiger partial charge in [0, 0.05) is 6.54 Å². The second-order valence-electron chi connectivity index (χ2n) is 5.47. The molecular weight excluding hydrogens is 352 g/mol. The lowest BCUT2D eigenvalue weighted by Gasteiger charge is -2.08. The largest absolute Gasteiger partial charge is 0.419 e. The molecule has 126 valence electrons. The minimum Gasteiger partial charge on any atom is -0.419 e. The fourth-order valence-electron chi connectivity index (χ4n) is 2.56. The molecule has 0 saturated heterocycles. The van der Waals surface area contributed by atoms with Gasteiger partial charge in [-0.3, -0.25) is 0 Å². The quantitative estimate of drug-likeness (QED) is 0.346. The first-order valence-electron chi connectivity index (χ1n) is 7.86. The number of aromatic nitrogens is 4. The van der Waals surface area contributed by atoms with Crippen LogP contribution >= 0.6 is 23.1 Å². The third kappa shape index (κ3) is 3.12. The zero-order chi connectivity index (χ0) is 17.2. The molecule has 0 amide bonds. The molecule has 0 aliphatic heterocycles. The Balaban J connectivity index is 1.62. The first-order chi connectivity index (χ1) is 12.3. The Morgan fingerprint density at radius 1 is 1.28 bits per heavy atom. The van der Waals surface area contributed by atoms with Crippen molar-refractivity contribution in [2.75, 3.05) is 0 Å². The van der Waals surface area contributed by atoms with Gasteiger partial charge >= 0.3 is 0 Å². The van der Waals surface area contributed by atoms with E-state index in [-0.39, 0.29) is 5.25 Å². The van der Waals surface area contributed by atoms with Gasteiger partial charge in [0.05, 0.1) is 21.2 Å². The van der Waals surface area contributed by atoms with Crippen molar-refractivity contribution >= 4 is 34.1 Å². The maximum atomic E-state index is 5.85. The highest BCUT2D eigenvalue weighted by Gasteiger charge is 2.20. The molecule has 4 rings (SSSR count). The molecule has 0 N–H and O–H groups in total. The first kappa shape index (κ1) is 16.1. The van der Waals surface area contributed by atoms with Crippen molar-refractivity contribution in [3.05, 3.63) is 60.3 Å². The van der Waals surface area contributed by atoms with Gasteiger partial charge in [-0.15, -0.1) is 28.1 Å². The third-order valence-corrected chi connectivity index (χ3v) is 5.67. The molecular formula is C18H16N4OS2. The van der Waals surface area contributed by atoms with E-state index in [1.54, 1.807) is 23.1 Å². The highest BCUT2D eigenvalue weighted by Crippen LogP contribution is 2.36. The third-order valence-electron chi connectivity index (χ3n) is 3.73. The van der Waals surface area contributed by atoms with Crippen LogP contribution in [0.1, 0.15) is 18.1 Å². The van der Waals surface area contributed by atoms with Crippen LogP contribution in [0.25, 0.3) is 21.8 Å². The van der Waals surface area contributed by atoms with Gasteiger partial charge in [0.2, 0.25) is 5.89 Å². The summed E-state index contributed by atoms with van der Waals surface area (Å²) < 4.78 is 8.00. The van der Waals surface area contributed by atoms with Crippen LogP contribution < -0.4 is 0 Å². The molecule has 4 aromatic rings. The summed E-state index contributed by atoms with van der Waals surface area (Å²) in [5.41, 5.74) is 2.07. The van der Waals surface area contributed by atoms with E-state index in [1.165, 1.54) is 0 Å². The van der Waals surface area contributed by atoms with Crippen molar-refractivity contribution in [2.24, 2.45) is 0 Å². The van der Waals surface area contributed by atoms with Crippen LogP contribution in [-0.4, -0.2) is 19.7 Å². The fourth-order valence-corrected chi connectivity index (χ4v) is 4.16. The molecule has 1 aromatic carbocycles. The van der Waals surface area contributed by atoms with Gasteiger partial charge in [-0.25, -0.2) is 4.98 Å². The highest BCUT2D eigenvalue weighted by molar-refractivity contribution is 7.99. The van der Waals surface area contributed by atoms with Crippen molar-refractivity contribution in [3.63, 3.8) is 0 Å². The Morgan fingerprint density at radius 2 is 2.16 bits per heavy atom. The second-order valence-corrected chi connectivity index (χ2v) is 7.72. The van der Waals surface area contributed by atoms with Crippen LogP contribution in [0.4, 0.5) is 0 Å². The van der Waals surface area contributed by atoms with Crippen molar-refractivity contribution in [1.82, 2.24) is 19.7 Å². The number of thiophene rings is 1. The summed E-state index contributed by atoms with van der Waals surface area (Å²) in [7, 11) is 0. The Kier molecular flexibility index (Phi) is 4.42. The number of para-hydroxylation sites is 2. The predicted octanol–water partition coefficient (Wildman–Crippen LogP) is 5.19. The molecule has 7 heteroatoms. The predicted molar refractivity (Wildman–Crippen MR) is 102 cm³/mol. The lowest BCUT2D eigenvalue weighted by Crippen LogP contribution is -1.99. The van der Waals surface area contributed by atoms with E-state index in [0.717, 1.165) is 21.1 Å². The highest BCUT2D eigenvalue weighted by atomic mass is 32.2. The molecule has 5 nitrogen and oxygen atoms in total. The van der Waals surface area contributed by atoms with Crippen LogP contribution in [-0.2, 0) is 6.54 Å². The lowest BCUT2D eigenvalue weighted by atomic mass is 10.3. The minimum absolute atomic E-state index is 0.00147. The molecule has 0 spiro atoms. The van der Waals surface area contributed by atoms with Crippen molar-refractivity contribution < 1.29 is 4.42 Å². The molecule has 3 aromatic heterocycles. The molecule has 1 unspecified atom stereocenters. The van der Waals surface area contributed by atoms with Crippen LogP contribution in [0.2, 0.25) is 0 Å². The van der Waals surface area contributed by atoms with Crippen LogP contribution in [0.5, 0.6) is 0 Å². The summed E-state index contributed by atoms with van der Waals surface area (Å²) in [6, 6.07) is 12.1. The number of fused-ring (bicyclic) bond motifs is 1. The Labute approximate surface area is 153 Å². The lowest BCUT2D eigenvalue weighted by molar-refractivity contribution is 0.509. The summed E-state index contributed by atoms with van der Waals surface area (Å²) in [6.45, 7) is 6.61. The van der Waals surface area contributed by atoms with Gasteiger partial charge in [-0.2, -0.15) is 0 Å². The zero-order valence-corrected chi connectivity index (χ0v) is 15.3. The van der Waals surface area contributed by atoms with E-state index >= 15 is 0 Å². The molecule has 1 atom stereocenters. The second kappa shape index (κ2) is 6.85. The topological polar surface area (TPSA) is 56.7 Å². The number of hydrogen-bond acceptors (Lipinski definition) is 6. The number of benzene rings is 1. The Bertz CT molecular complexity index is 1000. The number of rotatable bonds is 6. The molecule has 0 bridgehead atoms. The van der Waals surface area contributed by atoms with Gasteiger partial charge in [-0.05, 0) is 30.5 Å². The number of hydrogen-bond donors (Lipinski definition) is 0. The van der Waals surface area contributed by atoms with E-state index in [4.69, 9.17) is 9.40 Å². The maximum Gasteiger partial charge on any atom is 0.257 e. The van der Waals surface area contributed by atoms with Crippen LogP contribution in [0, 0.1) is 0 Å². The summed E-state index contributed by atoms with van der Waals surface area (Å²) in [4.78, 5) is 5.73. The van der Waals surface area contributed by atoms with E-state index in [0.29, 0.717) is 18.3 Å². The average Bonchev–Trinajstić information content (AvgIpc) is 3.35. The van der Waals surface area contributed by atoms with Crippen molar-refractivity contribution in [2.45, 2.75) is 23.9 Å². The number of imidazole rings is 1. The number of nitrogens with zero attached hydrogens (tertiary/aromatic N) is 4. The van der Waals surface area contributed by atoms with Gasteiger partial charge in [0.1, 0.15) is 0 Å². The number of thioether (sulfide) groups is 1. The molecule has 0 fully saturated rings. The van der Waals surface area contributed by atoms with Gasteiger partial charge < -0.3 is 8.98 Å². The summed E-state index contributed by atoms with van der Waals surface area (Å²) in [6.07, 6.45) is 1.88. The minimum atomic E-state index is 0.00147. The summed E-state index contributed by atoms with van der Waals surface area (Å²) in [5, 5.41) is 11.3. The van der Waals surface area contributed by atoms with Gasteiger partial charge in [0.25, 0.3) is 5.89 Å². The first-order valence-corrected chi connectivity index (χ1v) is 9.62. The normalized spacial score (nSPS) is 12.5. The van der Waals surface area contributed by atoms with E-state index in [2.05, 4.69) is 27.4 Å². The molecule has 0 aliphatic carbocycles. The van der Waals surface area contributed by atoms with Crippen molar-refractivity contribution in [1.29, 1.82) is 0 Å². The smallest absolute Gasteiger partial charge is 0.257 e. The van der Waals surface area contributed by atoms with Crippen LogP contribution in [0.15, 0.2) is 64.0 Å². The average molecular weight is 368 g/mol. The molecule has 25 heavy (non-hydrogen) atoms. The van der Waals surface area contributed by atoms with Crippen LogP contribution in [0.3, 0.4) is 0 Å². The summed E-state index contributed by atoms with van der Waals surface area (Å²) >= 11 is 3.20. The molecule has 3 heterocycles. The monoisotopic (exact) mass is 368 g/mol. The van der Waals surface area contributed by atoms with E-state index in [9.17, 15) is 0 Å². The van der Waals surface area contributed by atoms with Crippen molar-refractivity contribution in [3.8, 4) is 10.8 Å². The maximum absolute atomic E-state index is 5.85. The molecule has 0 saturated carbocycles. The molecule has 0 radical (unpaired) electrons. The Hall–Kier alpha value is -2.38. The number of allylic oxidation sites excluding steroid dienone is 1.